The minimum Gasteiger partial charge on any atom is -0.347 e. The predicted octanol–water partition coefficient (Wildman–Crippen LogP) is 7.02. The summed E-state index contributed by atoms with van der Waals surface area (Å²) in [7, 11) is 2.22. The zero-order valence-corrected chi connectivity index (χ0v) is 19.1. The van der Waals surface area contributed by atoms with Crippen molar-refractivity contribution in [1.29, 1.82) is 0 Å². The number of aromatic nitrogens is 2. The fourth-order valence-electron chi connectivity index (χ4n) is 4.76. The molecule has 3 nitrogen and oxygen atoms in total. The molecular weight excluding hydrogens is 425 g/mol. The smallest absolute Gasteiger partial charge is 0.0487 e. The van der Waals surface area contributed by atoms with Crippen molar-refractivity contribution in [2.24, 2.45) is 5.92 Å². The molecule has 5 heteroatoms. The number of likely N-dealkylation sites (tertiary alicyclic amines) is 1. The number of benzene rings is 2. The molecule has 0 saturated carbocycles. The van der Waals surface area contributed by atoms with Crippen molar-refractivity contribution in [2.75, 3.05) is 20.1 Å². The first kappa shape index (κ1) is 20.6. The molecule has 0 bridgehead atoms. The summed E-state index contributed by atoms with van der Waals surface area (Å²) in [5.41, 5.74) is 5.59. The Morgan fingerprint density at radius 2 is 1.81 bits per heavy atom. The summed E-state index contributed by atoms with van der Waals surface area (Å²) < 4.78 is 2.40. The third-order valence-corrected chi connectivity index (χ3v) is 6.70. The number of nitrogens with zero attached hydrogens (tertiary/aromatic N) is 3. The van der Waals surface area contributed by atoms with Gasteiger partial charge in [-0.2, -0.15) is 0 Å². The molecule has 3 heterocycles. The molecule has 5 rings (SSSR count). The standard InChI is InChI=1S/C26H25Cl2N3/c1-30-9-3-4-18(15-30)16-31-17-25(24-12-23(28)7-8-26(24)31)21-10-20(13-29-14-21)19-5-2-6-22(27)11-19/h2,5-8,10-14,17-18H,3-4,9,15-16H2,1H3. The third-order valence-electron chi connectivity index (χ3n) is 6.23. The zero-order chi connectivity index (χ0) is 21.4. The summed E-state index contributed by atoms with van der Waals surface area (Å²) >= 11 is 12.6. The lowest BCUT2D eigenvalue weighted by Crippen LogP contribution is -2.33. The highest BCUT2D eigenvalue weighted by Gasteiger charge is 2.20. The monoisotopic (exact) mass is 449 g/mol. The average Bonchev–Trinajstić information content (AvgIpc) is 3.11. The summed E-state index contributed by atoms with van der Waals surface area (Å²) in [6.45, 7) is 3.37. The molecule has 1 unspecified atom stereocenters. The van der Waals surface area contributed by atoms with E-state index in [1.165, 1.54) is 30.3 Å². The molecule has 31 heavy (non-hydrogen) atoms. The Balaban J connectivity index is 1.57. The van der Waals surface area contributed by atoms with E-state index in [-0.39, 0.29) is 0 Å². The van der Waals surface area contributed by atoms with Gasteiger partial charge in [0.1, 0.15) is 0 Å². The number of hydrogen-bond donors (Lipinski definition) is 0. The predicted molar refractivity (Wildman–Crippen MR) is 131 cm³/mol. The van der Waals surface area contributed by atoms with Crippen LogP contribution in [0.5, 0.6) is 0 Å². The highest BCUT2D eigenvalue weighted by Crippen LogP contribution is 2.35. The zero-order valence-electron chi connectivity index (χ0n) is 17.6. The Bertz CT molecular complexity index is 1230. The summed E-state index contributed by atoms with van der Waals surface area (Å²) in [6.07, 6.45) is 8.64. The molecule has 1 saturated heterocycles. The lowest BCUT2D eigenvalue weighted by atomic mass is 9.98. The second-order valence-electron chi connectivity index (χ2n) is 8.60. The summed E-state index contributed by atoms with van der Waals surface area (Å²) in [5, 5.41) is 2.65. The van der Waals surface area contributed by atoms with Crippen LogP contribution in [0.2, 0.25) is 10.0 Å². The lowest BCUT2D eigenvalue weighted by Gasteiger charge is -2.30. The maximum Gasteiger partial charge on any atom is 0.0487 e. The number of piperidine rings is 1. The number of pyridine rings is 1. The van der Waals surface area contributed by atoms with Crippen LogP contribution in [0, 0.1) is 5.92 Å². The molecule has 1 aliphatic rings. The van der Waals surface area contributed by atoms with Crippen LogP contribution in [-0.2, 0) is 6.54 Å². The molecule has 1 atom stereocenters. The van der Waals surface area contributed by atoms with Crippen molar-refractivity contribution in [3.05, 3.63) is 77.2 Å². The number of fused-ring (bicyclic) bond motifs is 1. The maximum atomic E-state index is 6.40. The van der Waals surface area contributed by atoms with E-state index >= 15 is 0 Å². The van der Waals surface area contributed by atoms with Gasteiger partial charge in [0.2, 0.25) is 0 Å². The van der Waals surface area contributed by atoms with E-state index in [9.17, 15) is 0 Å². The number of hydrogen-bond acceptors (Lipinski definition) is 2. The molecule has 4 aromatic rings. The van der Waals surface area contributed by atoms with Gasteiger partial charge in [-0.25, -0.2) is 0 Å². The molecule has 0 aliphatic carbocycles. The van der Waals surface area contributed by atoms with Gasteiger partial charge in [-0.1, -0.05) is 35.3 Å². The van der Waals surface area contributed by atoms with Crippen molar-refractivity contribution in [3.8, 4) is 22.3 Å². The minimum absolute atomic E-state index is 0.661. The van der Waals surface area contributed by atoms with Crippen molar-refractivity contribution in [3.63, 3.8) is 0 Å². The van der Waals surface area contributed by atoms with Crippen molar-refractivity contribution >= 4 is 34.1 Å². The van der Waals surface area contributed by atoms with Crippen LogP contribution in [0.4, 0.5) is 0 Å². The number of halogens is 2. The van der Waals surface area contributed by atoms with E-state index in [4.69, 9.17) is 23.2 Å². The van der Waals surface area contributed by atoms with Crippen molar-refractivity contribution in [2.45, 2.75) is 19.4 Å². The SMILES string of the molecule is CN1CCCC(Cn2cc(-c3cncc(-c4cccc(Cl)c4)c3)c3cc(Cl)ccc32)C1. The maximum absolute atomic E-state index is 6.40. The van der Waals surface area contributed by atoms with Gasteiger partial charge in [0.25, 0.3) is 0 Å². The Hall–Kier alpha value is -2.33. The second-order valence-corrected chi connectivity index (χ2v) is 9.47. The minimum atomic E-state index is 0.661. The molecule has 1 aliphatic heterocycles. The quantitative estimate of drug-likeness (QED) is 0.333. The van der Waals surface area contributed by atoms with Crippen LogP contribution < -0.4 is 0 Å². The van der Waals surface area contributed by atoms with E-state index < -0.39 is 0 Å². The average molecular weight is 450 g/mol. The summed E-state index contributed by atoms with van der Waals surface area (Å²) in [6, 6.07) is 16.3. The van der Waals surface area contributed by atoms with Crippen LogP contribution in [0.15, 0.2) is 67.1 Å². The first-order valence-corrected chi connectivity index (χ1v) is 11.5. The van der Waals surface area contributed by atoms with Gasteiger partial charge < -0.3 is 9.47 Å². The molecule has 0 spiro atoms. The highest BCUT2D eigenvalue weighted by molar-refractivity contribution is 6.31. The van der Waals surface area contributed by atoms with Gasteiger partial charge in [-0.05, 0) is 74.3 Å². The van der Waals surface area contributed by atoms with E-state index in [0.717, 1.165) is 45.4 Å². The fraction of sp³-hybridized carbons (Fsp3) is 0.269. The molecule has 0 amide bonds. The Labute approximate surface area is 193 Å². The summed E-state index contributed by atoms with van der Waals surface area (Å²) in [5.74, 6) is 0.661. The Morgan fingerprint density at radius 3 is 2.65 bits per heavy atom. The first-order valence-electron chi connectivity index (χ1n) is 10.7. The van der Waals surface area contributed by atoms with Gasteiger partial charge in [-0.15, -0.1) is 0 Å². The second kappa shape index (κ2) is 8.66. The molecule has 2 aromatic heterocycles. The Morgan fingerprint density at radius 1 is 0.968 bits per heavy atom. The number of rotatable bonds is 4. The molecule has 2 aromatic carbocycles. The normalized spacial score (nSPS) is 17.3. The van der Waals surface area contributed by atoms with Gasteiger partial charge >= 0.3 is 0 Å². The van der Waals surface area contributed by atoms with Gasteiger partial charge in [0, 0.05) is 69.3 Å². The van der Waals surface area contributed by atoms with Crippen molar-refractivity contribution in [1.82, 2.24) is 14.5 Å². The topological polar surface area (TPSA) is 21.1 Å². The van der Waals surface area contributed by atoms with Crippen LogP contribution in [-0.4, -0.2) is 34.6 Å². The fourth-order valence-corrected chi connectivity index (χ4v) is 5.13. The van der Waals surface area contributed by atoms with Gasteiger partial charge in [-0.3, -0.25) is 4.98 Å². The third kappa shape index (κ3) is 4.36. The van der Waals surface area contributed by atoms with Crippen LogP contribution in [0.25, 0.3) is 33.2 Å². The van der Waals surface area contributed by atoms with E-state index in [1.807, 2.05) is 36.7 Å². The highest BCUT2D eigenvalue weighted by atomic mass is 35.5. The molecule has 1 fully saturated rings. The van der Waals surface area contributed by atoms with E-state index in [2.05, 4.69) is 52.0 Å². The van der Waals surface area contributed by atoms with Gasteiger partial charge in [0.15, 0.2) is 0 Å². The van der Waals surface area contributed by atoms with Crippen LogP contribution in [0.3, 0.4) is 0 Å². The largest absolute Gasteiger partial charge is 0.347 e. The molecule has 0 radical (unpaired) electrons. The van der Waals surface area contributed by atoms with Crippen LogP contribution in [0.1, 0.15) is 12.8 Å². The van der Waals surface area contributed by atoms with E-state index in [0.29, 0.717) is 5.92 Å². The van der Waals surface area contributed by atoms with Gasteiger partial charge in [0.05, 0.1) is 0 Å². The Kier molecular flexibility index (Phi) is 5.75. The van der Waals surface area contributed by atoms with Crippen LogP contribution >= 0.6 is 23.2 Å². The molecule has 158 valence electrons. The summed E-state index contributed by atoms with van der Waals surface area (Å²) in [4.78, 5) is 6.98. The van der Waals surface area contributed by atoms with E-state index in [1.54, 1.807) is 0 Å². The molecular formula is C26H25Cl2N3. The van der Waals surface area contributed by atoms with Crippen molar-refractivity contribution < 1.29 is 0 Å². The molecule has 0 N–H and O–H groups in total. The first-order chi connectivity index (χ1) is 15.1. The lowest BCUT2D eigenvalue weighted by molar-refractivity contribution is 0.196.